The van der Waals surface area contributed by atoms with Crippen LogP contribution in [0, 0.1) is 3.57 Å². The van der Waals surface area contributed by atoms with E-state index in [2.05, 4.69) is 25.4 Å². The van der Waals surface area contributed by atoms with E-state index in [1.54, 1.807) is 67.8 Å². The molecule has 0 unspecified atom stereocenters. The predicted molar refractivity (Wildman–Crippen MR) is 202 cm³/mol. The fourth-order valence-electron chi connectivity index (χ4n) is 5.18. The first-order valence-electron chi connectivity index (χ1n) is 15.8. The summed E-state index contributed by atoms with van der Waals surface area (Å²) in [6.07, 6.45) is -1.35. The molecule has 1 heterocycles. The van der Waals surface area contributed by atoms with Gasteiger partial charge >= 0.3 is 6.09 Å². The van der Waals surface area contributed by atoms with E-state index in [1.165, 1.54) is 31.1 Å². The summed E-state index contributed by atoms with van der Waals surface area (Å²) in [7, 11) is -4.74. The first-order chi connectivity index (χ1) is 25.3. The van der Waals surface area contributed by atoms with E-state index in [0.717, 1.165) is 9.87 Å². The minimum atomic E-state index is -4.74. The molecule has 0 aliphatic rings. The summed E-state index contributed by atoms with van der Waals surface area (Å²) in [5.74, 6) is 1.67. The number of amides is 1. The smallest absolute Gasteiger partial charge is 0.404 e. The van der Waals surface area contributed by atoms with Crippen molar-refractivity contribution in [2.75, 3.05) is 34.4 Å². The molecule has 0 saturated heterocycles. The number of halogens is 1. The van der Waals surface area contributed by atoms with Gasteiger partial charge in [-0.1, -0.05) is 36.4 Å². The zero-order valence-corrected chi connectivity index (χ0v) is 32.6. The van der Waals surface area contributed by atoms with Crippen molar-refractivity contribution in [1.29, 1.82) is 0 Å². The van der Waals surface area contributed by atoms with Gasteiger partial charge in [0.15, 0.2) is 0 Å². The minimum absolute atomic E-state index is 0.0763. The minimum Gasteiger partial charge on any atom is -0.497 e. The van der Waals surface area contributed by atoms with Crippen molar-refractivity contribution < 1.29 is 40.9 Å². The number of carboxylic acid groups (broad SMARTS) is 1. The number of tetrazole rings is 1. The highest BCUT2D eigenvalue weighted by Crippen LogP contribution is 2.38. The van der Waals surface area contributed by atoms with E-state index in [1.807, 2.05) is 34.7 Å². The second kappa shape index (κ2) is 17.3. The summed E-state index contributed by atoms with van der Waals surface area (Å²) in [6, 6.07) is 23.4. The highest BCUT2D eigenvalue weighted by molar-refractivity contribution is 14.1. The van der Waals surface area contributed by atoms with Crippen LogP contribution in [-0.4, -0.2) is 87.0 Å². The summed E-state index contributed by atoms with van der Waals surface area (Å²) < 4.78 is 77.8. The molecule has 0 atom stereocenters. The lowest BCUT2D eigenvalue weighted by atomic mass is 10.2. The first kappa shape index (κ1) is 39.4. The molecule has 53 heavy (non-hydrogen) atoms. The Morgan fingerprint density at radius 2 is 1.28 bits per heavy atom. The van der Waals surface area contributed by atoms with Crippen LogP contribution in [0.25, 0.3) is 11.4 Å². The second-order valence-corrected chi connectivity index (χ2v) is 16.1. The molecule has 1 aromatic heterocycles. The lowest BCUT2D eigenvalue weighted by Gasteiger charge is -2.25. The average Bonchev–Trinajstić information content (AvgIpc) is 3.61. The number of methoxy groups -OCH3 is 3. The molecule has 5 rings (SSSR count). The third kappa shape index (κ3) is 9.79. The summed E-state index contributed by atoms with van der Waals surface area (Å²) in [4.78, 5) is 11.1. The number of hydrogen-bond donors (Lipinski definition) is 3. The molecule has 16 nitrogen and oxygen atoms in total. The monoisotopic (exact) mass is 877 g/mol. The van der Waals surface area contributed by atoms with Gasteiger partial charge in [-0.25, -0.2) is 26.4 Å². The number of nitrogens with one attached hydrogen (secondary N) is 2. The predicted octanol–water partition coefficient (Wildman–Crippen LogP) is 3.96. The standard InChI is InChI=1S/C34H36IN7O9S2/c1-49-26-10-4-23(5-11-26)20-41(21-24-6-12-27(50-2)13-7-24)53(47,48)32-30(52(45,46)37-19-18-36-34(43)44)17-16-29(35)31(32)33-38-40-42(39-33)22-25-8-14-28(51-3)15-9-25/h4-17,36-37H,18-22H2,1-3H3,(H,43,44). The Morgan fingerprint density at radius 1 is 0.774 bits per heavy atom. The van der Waals surface area contributed by atoms with E-state index in [9.17, 15) is 13.2 Å². The van der Waals surface area contributed by atoms with Crippen molar-refractivity contribution in [3.63, 3.8) is 0 Å². The fourth-order valence-corrected chi connectivity index (χ4v) is 9.49. The lowest BCUT2D eigenvalue weighted by molar-refractivity contribution is 0.194. The van der Waals surface area contributed by atoms with Crippen LogP contribution in [0.4, 0.5) is 4.79 Å². The lowest BCUT2D eigenvalue weighted by Crippen LogP contribution is -2.36. The summed E-state index contributed by atoms with van der Waals surface area (Å²) in [5, 5.41) is 23.9. The highest BCUT2D eigenvalue weighted by Gasteiger charge is 2.37. The maximum absolute atomic E-state index is 15.2. The van der Waals surface area contributed by atoms with Gasteiger partial charge < -0.3 is 24.6 Å². The molecule has 0 bridgehead atoms. The van der Waals surface area contributed by atoms with Gasteiger partial charge in [0.2, 0.25) is 25.9 Å². The fraction of sp³-hybridized carbons (Fsp3) is 0.235. The Labute approximate surface area is 320 Å². The number of aromatic nitrogens is 4. The summed E-state index contributed by atoms with van der Waals surface area (Å²) >= 11 is 1.91. The van der Waals surface area contributed by atoms with Crippen molar-refractivity contribution in [2.45, 2.75) is 29.4 Å². The molecule has 0 aliphatic carbocycles. The Hall–Kier alpha value is -4.83. The van der Waals surface area contributed by atoms with Crippen molar-refractivity contribution in [3.8, 4) is 28.6 Å². The Balaban J connectivity index is 1.66. The van der Waals surface area contributed by atoms with E-state index < -0.39 is 35.9 Å². The van der Waals surface area contributed by atoms with Gasteiger partial charge in [0.1, 0.15) is 27.0 Å². The summed E-state index contributed by atoms with van der Waals surface area (Å²) in [5.41, 5.74) is 1.92. The molecule has 280 valence electrons. The van der Waals surface area contributed by atoms with Crippen molar-refractivity contribution in [2.24, 2.45) is 0 Å². The van der Waals surface area contributed by atoms with Gasteiger partial charge in [-0.2, -0.15) is 9.10 Å². The number of rotatable bonds is 17. The van der Waals surface area contributed by atoms with Crippen LogP contribution in [0.2, 0.25) is 0 Å². The van der Waals surface area contributed by atoms with Crippen LogP contribution >= 0.6 is 22.6 Å². The second-order valence-electron chi connectivity index (χ2n) is 11.3. The normalized spacial score (nSPS) is 11.7. The topological polar surface area (TPSA) is 204 Å². The van der Waals surface area contributed by atoms with Crippen LogP contribution in [0.3, 0.4) is 0 Å². The van der Waals surface area contributed by atoms with Crippen molar-refractivity contribution in [1.82, 2.24) is 34.6 Å². The van der Waals surface area contributed by atoms with Crippen molar-refractivity contribution in [3.05, 3.63) is 105 Å². The molecule has 4 aromatic carbocycles. The van der Waals surface area contributed by atoms with Crippen LogP contribution in [0.1, 0.15) is 16.7 Å². The number of sulfonamides is 2. The number of benzene rings is 4. The quantitative estimate of drug-likeness (QED) is 0.0898. The average molecular weight is 878 g/mol. The van der Waals surface area contributed by atoms with Crippen LogP contribution in [0.15, 0.2) is 94.7 Å². The van der Waals surface area contributed by atoms with Gasteiger partial charge in [-0.3, -0.25) is 0 Å². The zero-order valence-electron chi connectivity index (χ0n) is 28.8. The number of carbonyl (C=O) groups is 1. The molecule has 0 saturated carbocycles. The Morgan fingerprint density at radius 3 is 1.77 bits per heavy atom. The Bertz CT molecular complexity index is 2200. The maximum Gasteiger partial charge on any atom is 0.404 e. The van der Waals surface area contributed by atoms with Gasteiger partial charge in [-0.05, 0) is 93.0 Å². The van der Waals surface area contributed by atoms with E-state index in [-0.39, 0.29) is 44.1 Å². The van der Waals surface area contributed by atoms with Gasteiger partial charge in [0, 0.05) is 29.7 Å². The maximum atomic E-state index is 15.2. The van der Waals surface area contributed by atoms with E-state index >= 15 is 8.42 Å². The largest absolute Gasteiger partial charge is 0.497 e. The van der Waals surface area contributed by atoms with Crippen LogP contribution < -0.4 is 24.2 Å². The number of nitrogens with zero attached hydrogens (tertiary/aromatic N) is 5. The molecule has 0 spiro atoms. The SMILES string of the molecule is COc1ccc(CN(Cc2ccc(OC)cc2)S(=O)(=O)c2c(S(=O)(=O)NCCNC(=O)O)ccc(I)c2-c2nnn(Cc3ccc(OC)cc3)n2)cc1. The molecular formula is C34H36IN7O9S2. The number of hydrogen-bond acceptors (Lipinski definition) is 11. The van der Waals surface area contributed by atoms with E-state index in [4.69, 9.17) is 19.3 Å². The van der Waals surface area contributed by atoms with Crippen molar-refractivity contribution >= 4 is 48.7 Å². The van der Waals surface area contributed by atoms with Gasteiger partial charge in [-0.15, -0.1) is 10.2 Å². The zero-order chi connectivity index (χ0) is 38.2. The first-order valence-corrected chi connectivity index (χ1v) is 19.8. The van der Waals surface area contributed by atoms with Crippen LogP contribution in [0.5, 0.6) is 17.2 Å². The molecule has 0 radical (unpaired) electrons. The third-order valence-electron chi connectivity index (χ3n) is 7.85. The third-order valence-corrected chi connectivity index (χ3v) is 12.3. The molecule has 1 amide bonds. The van der Waals surface area contributed by atoms with Gasteiger partial charge in [0.05, 0.1) is 33.4 Å². The Kier molecular flexibility index (Phi) is 12.9. The molecule has 0 fully saturated rings. The highest BCUT2D eigenvalue weighted by atomic mass is 127. The molecular weight excluding hydrogens is 841 g/mol. The van der Waals surface area contributed by atoms with E-state index in [0.29, 0.717) is 31.9 Å². The molecule has 5 aromatic rings. The van der Waals surface area contributed by atoms with Crippen LogP contribution in [-0.2, 0) is 39.7 Å². The number of ether oxygens (including phenoxy) is 3. The molecule has 3 N–H and O–H groups in total. The summed E-state index contributed by atoms with van der Waals surface area (Å²) in [6.45, 7) is -0.761. The molecule has 0 aliphatic heterocycles. The van der Waals surface area contributed by atoms with Gasteiger partial charge in [0.25, 0.3) is 0 Å². The molecule has 19 heteroatoms.